The molecule has 1 saturated carbocycles. The van der Waals surface area contributed by atoms with Gasteiger partial charge in [0.05, 0.1) is 5.69 Å². The van der Waals surface area contributed by atoms with Crippen LogP contribution in [0.1, 0.15) is 44.2 Å². The molecule has 2 fully saturated rings. The predicted molar refractivity (Wildman–Crippen MR) is 72.6 cm³/mol. The van der Waals surface area contributed by atoms with E-state index in [1.165, 1.54) is 38.5 Å². The van der Waals surface area contributed by atoms with E-state index in [-0.39, 0.29) is 0 Å². The second-order valence-electron chi connectivity index (χ2n) is 5.40. The number of rotatable bonds is 4. The molecule has 4 heteroatoms. The zero-order valence-corrected chi connectivity index (χ0v) is 10.9. The molecule has 98 valence electrons. The fourth-order valence-electron chi connectivity index (χ4n) is 2.44. The lowest BCUT2D eigenvalue weighted by Gasteiger charge is -2.20. The molecule has 0 spiro atoms. The van der Waals surface area contributed by atoms with Crippen molar-refractivity contribution in [3.05, 3.63) is 18.0 Å². The van der Waals surface area contributed by atoms with Crippen LogP contribution in [0.2, 0.25) is 0 Å². The van der Waals surface area contributed by atoms with E-state index in [0.29, 0.717) is 0 Å². The zero-order valence-electron chi connectivity index (χ0n) is 10.9. The van der Waals surface area contributed by atoms with Crippen molar-refractivity contribution in [2.24, 2.45) is 0 Å². The highest BCUT2D eigenvalue weighted by Crippen LogP contribution is 2.19. The smallest absolute Gasteiger partial charge is 0.225 e. The SMILES string of the molecule is c1cc(CNC2CC2)nc(N2CCCCCC2)n1. The van der Waals surface area contributed by atoms with Gasteiger partial charge in [0.2, 0.25) is 5.95 Å². The Bertz CT molecular complexity index is 381. The van der Waals surface area contributed by atoms with E-state index >= 15 is 0 Å². The standard InChI is InChI=1S/C14H22N4/c1-2-4-10-18(9-3-1)14-15-8-7-13(17-14)11-16-12-5-6-12/h7-8,12,16H,1-6,9-11H2. The van der Waals surface area contributed by atoms with Gasteiger partial charge in [-0.1, -0.05) is 12.8 Å². The Balaban J connectivity index is 1.64. The third-order valence-electron chi connectivity index (χ3n) is 3.74. The van der Waals surface area contributed by atoms with Crippen LogP contribution in [0, 0.1) is 0 Å². The summed E-state index contributed by atoms with van der Waals surface area (Å²) >= 11 is 0. The van der Waals surface area contributed by atoms with Gasteiger partial charge in [0.25, 0.3) is 0 Å². The summed E-state index contributed by atoms with van der Waals surface area (Å²) in [5.41, 5.74) is 1.12. The predicted octanol–water partition coefficient (Wildman–Crippen LogP) is 2.11. The molecule has 1 aliphatic heterocycles. The van der Waals surface area contributed by atoms with E-state index in [1.807, 2.05) is 12.3 Å². The highest BCUT2D eigenvalue weighted by Gasteiger charge is 2.20. The first-order valence-corrected chi connectivity index (χ1v) is 7.22. The second kappa shape index (κ2) is 5.65. The Morgan fingerprint density at radius 2 is 1.94 bits per heavy atom. The van der Waals surface area contributed by atoms with Crippen molar-refractivity contribution >= 4 is 5.95 Å². The molecule has 0 bridgehead atoms. The molecule has 18 heavy (non-hydrogen) atoms. The van der Waals surface area contributed by atoms with Crippen LogP contribution in [0.25, 0.3) is 0 Å². The van der Waals surface area contributed by atoms with Gasteiger partial charge < -0.3 is 10.2 Å². The van der Waals surface area contributed by atoms with Gasteiger partial charge in [0.1, 0.15) is 0 Å². The van der Waals surface area contributed by atoms with Crippen molar-refractivity contribution < 1.29 is 0 Å². The highest BCUT2D eigenvalue weighted by molar-refractivity contribution is 5.30. The van der Waals surface area contributed by atoms with Crippen molar-refractivity contribution in [1.82, 2.24) is 15.3 Å². The summed E-state index contributed by atoms with van der Waals surface area (Å²) in [6.45, 7) is 3.10. The maximum Gasteiger partial charge on any atom is 0.225 e. The fraction of sp³-hybridized carbons (Fsp3) is 0.714. The summed E-state index contributed by atoms with van der Waals surface area (Å²) in [7, 11) is 0. The van der Waals surface area contributed by atoms with Crippen molar-refractivity contribution in [2.45, 2.75) is 51.1 Å². The van der Waals surface area contributed by atoms with Gasteiger partial charge in [-0.15, -0.1) is 0 Å². The third-order valence-corrected chi connectivity index (χ3v) is 3.74. The number of nitrogens with zero attached hydrogens (tertiary/aromatic N) is 3. The number of hydrogen-bond donors (Lipinski definition) is 1. The molecule has 1 aromatic heterocycles. The van der Waals surface area contributed by atoms with Crippen LogP contribution in [0.15, 0.2) is 12.3 Å². The van der Waals surface area contributed by atoms with E-state index in [4.69, 9.17) is 4.98 Å². The Morgan fingerprint density at radius 1 is 1.17 bits per heavy atom. The van der Waals surface area contributed by atoms with E-state index in [0.717, 1.165) is 37.3 Å². The minimum atomic E-state index is 0.738. The Kier molecular flexibility index (Phi) is 3.74. The maximum absolute atomic E-state index is 4.69. The molecule has 2 aliphatic rings. The highest BCUT2D eigenvalue weighted by atomic mass is 15.2. The number of hydrogen-bond acceptors (Lipinski definition) is 4. The molecule has 2 heterocycles. The molecule has 1 aromatic rings. The molecule has 1 N–H and O–H groups in total. The molecular weight excluding hydrogens is 224 g/mol. The first-order valence-electron chi connectivity index (χ1n) is 7.22. The lowest BCUT2D eigenvalue weighted by atomic mass is 10.2. The molecule has 1 saturated heterocycles. The lowest BCUT2D eigenvalue weighted by molar-refractivity contribution is 0.667. The minimum Gasteiger partial charge on any atom is -0.341 e. The minimum absolute atomic E-state index is 0.738. The Hall–Kier alpha value is -1.16. The average molecular weight is 246 g/mol. The summed E-state index contributed by atoms with van der Waals surface area (Å²) in [5.74, 6) is 0.923. The first-order chi connectivity index (χ1) is 8.92. The fourth-order valence-corrected chi connectivity index (χ4v) is 2.44. The topological polar surface area (TPSA) is 41.1 Å². The summed E-state index contributed by atoms with van der Waals surface area (Å²) in [6.07, 6.45) is 9.78. The Labute approximate surface area is 109 Å². The normalized spacial score (nSPS) is 20.8. The molecule has 0 aromatic carbocycles. The molecule has 1 aliphatic carbocycles. The molecule has 4 nitrogen and oxygen atoms in total. The van der Waals surface area contributed by atoms with Gasteiger partial charge in [-0.25, -0.2) is 9.97 Å². The van der Waals surface area contributed by atoms with Gasteiger partial charge in [-0.2, -0.15) is 0 Å². The van der Waals surface area contributed by atoms with Gasteiger partial charge >= 0.3 is 0 Å². The van der Waals surface area contributed by atoms with Crippen LogP contribution in [0.4, 0.5) is 5.95 Å². The van der Waals surface area contributed by atoms with Crippen LogP contribution in [0.3, 0.4) is 0 Å². The van der Waals surface area contributed by atoms with Crippen LogP contribution in [-0.2, 0) is 6.54 Å². The van der Waals surface area contributed by atoms with Crippen LogP contribution in [0.5, 0.6) is 0 Å². The monoisotopic (exact) mass is 246 g/mol. The number of aromatic nitrogens is 2. The van der Waals surface area contributed by atoms with Gasteiger partial charge in [-0.3, -0.25) is 0 Å². The maximum atomic E-state index is 4.69. The van der Waals surface area contributed by atoms with Crippen LogP contribution >= 0.6 is 0 Å². The van der Waals surface area contributed by atoms with E-state index < -0.39 is 0 Å². The first kappa shape index (κ1) is 11.9. The van der Waals surface area contributed by atoms with Crippen molar-refractivity contribution in [3.8, 4) is 0 Å². The molecule has 0 unspecified atom stereocenters. The van der Waals surface area contributed by atoms with Gasteiger partial charge in [0, 0.05) is 31.9 Å². The van der Waals surface area contributed by atoms with Crippen LogP contribution < -0.4 is 10.2 Å². The molecular formula is C14H22N4. The van der Waals surface area contributed by atoms with E-state index in [1.54, 1.807) is 0 Å². The van der Waals surface area contributed by atoms with Gasteiger partial charge in [-0.05, 0) is 31.7 Å². The summed E-state index contributed by atoms with van der Waals surface area (Å²) in [4.78, 5) is 11.5. The molecule has 0 atom stereocenters. The number of nitrogens with one attached hydrogen (secondary N) is 1. The quantitative estimate of drug-likeness (QED) is 0.883. The van der Waals surface area contributed by atoms with E-state index in [9.17, 15) is 0 Å². The number of anilines is 1. The molecule has 0 amide bonds. The lowest BCUT2D eigenvalue weighted by Crippen LogP contribution is -2.26. The summed E-state index contributed by atoms with van der Waals surface area (Å²) in [5, 5.41) is 3.51. The van der Waals surface area contributed by atoms with E-state index in [2.05, 4.69) is 15.2 Å². The summed E-state index contributed by atoms with van der Waals surface area (Å²) < 4.78 is 0. The second-order valence-corrected chi connectivity index (χ2v) is 5.40. The molecule has 0 radical (unpaired) electrons. The van der Waals surface area contributed by atoms with Crippen molar-refractivity contribution in [2.75, 3.05) is 18.0 Å². The summed E-state index contributed by atoms with van der Waals surface area (Å²) in [6, 6.07) is 2.76. The molecule has 3 rings (SSSR count). The van der Waals surface area contributed by atoms with Crippen molar-refractivity contribution in [1.29, 1.82) is 0 Å². The third kappa shape index (κ3) is 3.19. The zero-order chi connectivity index (χ0) is 12.2. The van der Waals surface area contributed by atoms with Crippen LogP contribution in [-0.4, -0.2) is 29.1 Å². The largest absolute Gasteiger partial charge is 0.341 e. The average Bonchev–Trinajstić information content (AvgIpc) is 3.24. The Morgan fingerprint density at radius 3 is 2.67 bits per heavy atom. The van der Waals surface area contributed by atoms with Gasteiger partial charge in [0.15, 0.2) is 0 Å². The van der Waals surface area contributed by atoms with Crippen molar-refractivity contribution in [3.63, 3.8) is 0 Å².